The average molecular weight is 241 g/mol. The van der Waals surface area contributed by atoms with E-state index in [-0.39, 0.29) is 0 Å². The average Bonchev–Trinajstić information content (AvgIpc) is 2.88. The molecule has 0 atom stereocenters. The SMILES string of the molecule is CCc1ccccc1O.c1ccc2[nH]nnc2c1. The summed E-state index contributed by atoms with van der Waals surface area (Å²) in [6.45, 7) is 2.02. The molecule has 0 aliphatic heterocycles. The fourth-order valence-electron chi connectivity index (χ4n) is 1.60. The van der Waals surface area contributed by atoms with Gasteiger partial charge < -0.3 is 5.11 Å². The first-order chi connectivity index (χ1) is 8.81. The van der Waals surface area contributed by atoms with Crippen molar-refractivity contribution >= 4 is 11.0 Å². The Bertz CT molecular complexity index is 589. The first-order valence-corrected chi connectivity index (χ1v) is 5.84. The van der Waals surface area contributed by atoms with Gasteiger partial charge in [-0.15, -0.1) is 5.10 Å². The maximum atomic E-state index is 9.11. The molecule has 3 rings (SSSR count). The molecule has 0 saturated heterocycles. The zero-order chi connectivity index (χ0) is 12.8. The molecule has 2 aromatic carbocycles. The van der Waals surface area contributed by atoms with Gasteiger partial charge in [0.05, 0.1) is 5.52 Å². The molecule has 1 aromatic heterocycles. The molecule has 0 saturated carbocycles. The third kappa shape index (κ3) is 2.85. The van der Waals surface area contributed by atoms with Crippen LogP contribution in [0.5, 0.6) is 5.75 Å². The van der Waals surface area contributed by atoms with Crippen LogP contribution in [0.1, 0.15) is 12.5 Å². The van der Waals surface area contributed by atoms with Crippen molar-refractivity contribution in [3.63, 3.8) is 0 Å². The third-order valence-corrected chi connectivity index (χ3v) is 2.60. The summed E-state index contributed by atoms with van der Waals surface area (Å²) in [6, 6.07) is 15.1. The summed E-state index contributed by atoms with van der Waals surface area (Å²) in [6.07, 6.45) is 0.896. The minimum atomic E-state index is 0.403. The number of H-pyrrole nitrogens is 1. The number of nitrogens with one attached hydrogen (secondary N) is 1. The number of aromatic hydroxyl groups is 1. The number of benzene rings is 2. The number of rotatable bonds is 1. The van der Waals surface area contributed by atoms with E-state index in [0.717, 1.165) is 23.0 Å². The highest BCUT2D eigenvalue weighted by molar-refractivity contribution is 5.72. The van der Waals surface area contributed by atoms with Crippen molar-refractivity contribution in [1.29, 1.82) is 0 Å². The Morgan fingerprint density at radius 3 is 2.44 bits per heavy atom. The van der Waals surface area contributed by atoms with Gasteiger partial charge in [0.1, 0.15) is 11.3 Å². The largest absolute Gasteiger partial charge is 0.508 e. The van der Waals surface area contributed by atoms with Crippen LogP contribution in [0.4, 0.5) is 0 Å². The molecule has 4 heteroatoms. The number of para-hydroxylation sites is 2. The Labute approximate surface area is 105 Å². The van der Waals surface area contributed by atoms with Crippen LogP contribution in [-0.4, -0.2) is 20.5 Å². The van der Waals surface area contributed by atoms with Gasteiger partial charge in [-0.25, -0.2) is 0 Å². The Balaban J connectivity index is 0.000000134. The van der Waals surface area contributed by atoms with E-state index >= 15 is 0 Å². The summed E-state index contributed by atoms with van der Waals surface area (Å²) in [5.41, 5.74) is 2.91. The number of phenolic OH excluding ortho intramolecular Hbond substituents is 1. The lowest BCUT2D eigenvalue weighted by Gasteiger charge is -1.97. The smallest absolute Gasteiger partial charge is 0.118 e. The lowest BCUT2D eigenvalue weighted by Crippen LogP contribution is -1.77. The summed E-state index contributed by atoms with van der Waals surface area (Å²) in [7, 11) is 0. The van der Waals surface area contributed by atoms with E-state index in [1.54, 1.807) is 6.07 Å². The Hall–Kier alpha value is -2.36. The first kappa shape index (κ1) is 12.1. The minimum absolute atomic E-state index is 0.403. The monoisotopic (exact) mass is 241 g/mol. The van der Waals surface area contributed by atoms with Crippen LogP contribution in [-0.2, 0) is 6.42 Å². The highest BCUT2D eigenvalue weighted by Gasteiger charge is 1.92. The summed E-state index contributed by atoms with van der Waals surface area (Å²) < 4.78 is 0. The lowest BCUT2D eigenvalue weighted by molar-refractivity contribution is 0.469. The Morgan fingerprint density at radius 2 is 1.78 bits per heavy atom. The Kier molecular flexibility index (Phi) is 3.91. The first-order valence-electron chi connectivity index (χ1n) is 5.84. The third-order valence-electron chi connectivity index (χ3n) is 2.60. The molecule has 0 bridgehead atoms. The summed E-state index contributed by atoms with van der Waals surface area (Å²) in [5, 5.41) is 19.3. The molecular weight excluding hydrogens is 226 g/mol. The number of fused-ring (bicyclic) bond motifs is 1. The minimum Gasteiger partial charge on any atom is -0.508 e. The van der Waals surface area contributed by atoms with E-state index in [1.807, 2.05) is 49.4 Å². The number of aryl methyl sites for hydroxylation is 1. The van der Waals surface area contributed by atoms with E-state index in [9.17, 15) is 0 Å². The highest BCUT2D eigenvalue weighted by atomic mass is 16.3. The van der Waals surface area contributed by atoms with Crippen LogP contribution >= 0.6 is 0 Å². The number of hydrogen-bond acceptors (Lipinski definition) is 3. The number of aromatic amines is 1. The molecule has 2 N–H and O–H groups in total. The maximum absolute atomic E-state index is 9.11. The van der Waals surface area contributed by atoms with E-state index in [1.165, 1.54) is 0 Å². The zero-order valence-electron chi connectivity index (χ0n) is 10.2. The quantitative estimate of drug-likeness (QED) is 0.688. The summed E-state index contributed by atoms with van der Waals surface area (Å²) in [5.74, 6) is 0.403. The van der Waals surface area contributed by atoms with Gasteiger partial charge in [0.25, 0.3) is 0 Å². The van der Waals surface area contributed by atoms with Gasteiger partial charge in [0.2, 0.25) is 0 Å². The van der Waals surface area contributed by atoms with Crippen LogP contribution < -0.4 is 0 Å². The van der Waals surface area contributed by atoms with Crippen molar-refractivity contribution in [3.8, 4) is 5.75 Å². The van der Waals surface area contributed by atoms with Crippen molar-refractivity contribution in [1.82, 2.24) is 15.4 Å². The Morgan fingerprint density at radius 1 is 1.06 bits per heavy atom. The van der Waals surface area contributed by atoms with E-state index in [4.69, 9.17) is 5.11 Å². The highest BCUT2D eigenvalue weighted by Crippen LogP contribution is 2.14. The zero-order valence-corrected chi connectivity index (χ0v) is 10.2. The van der Waals surface area contributed by atoms with Crippen LogP contribution in [0.2, 0.25) is 0 Å². The molecule has 0 aliphatic carbocycles. The van der Waals surface area contributed by atoms with Crippen LogP contribution in [0.15, 0.2) is 48.5 Å². The summed E-state index contributed by atoms with van der Waals surface area (Å²) >= 11 is 0. The van der Waals surface area contributed by atoms with Gasteiger partial charge in [-0.3, -0.25) is 5.10 Å². The number of nitrogens with zero attached hydrogens (tertiary/aromatic N) is 2. The second-order valence-corrected chi connectivity index (χ2v) is 3.81. The molecule has 0 amide bonds. The van der Waals surface area contributed by atoms with Gasteiger partial charge in [-0.1, -0.05) is 42.5 Å². The van der Waals surface area contributed by atoms with Gasteiger partial charge >= 0.3 is 0 Å². The molecule has 18 heavy (non-hydrogen) atoms. The van der Waals surface area contributed by atoms with Gasteiger partial charge in [0.15, 0.2) is 0 Å². The lowest BCUT2D eigenvalue weighted by atomic mass is 10.1. The molecule has 3 aromatic rings. The van der Waals surface area contributed by atoms with Crippen molar-refractivity contribution in [3.05, 3.63) is 54.1 Å². The van der Waals surface area contributed by atoms with Crippen LogP contribution in [0, 0.1) is 0 Å². The topological polar surface area (TPSA) is 61.8 Å². The molecule has 4 nitrogen and oxygen atoms in total. The van der Waals surface area contributed by atoms with Gasteiger partial charge in [-0.2, -0.15) is 0 Å². The molecular formula is C14H15N3O. The number of phenols is 1. The summed E-state index contributed by atoms with van der Waals surface area (Å²) in [4.78, 5) is 0. The fraction of sp³-hybridized carbons (Fsp3) is 0.143. The number of aromatic nitrogens is 3. The molecule has 0 spiro atoms. The van der Waals surface area contributed by atoms with Crippen LogP contribution in [0.3, 0.4) is 0 Å². The van der Waals surface area contributed by atoms with Gasteiger partial charge in [-0.05, 0) is 30.2 Å². The van der Waals surface area contributed by atoms with E-state index < -0.39 is 0 Å². The normalized spacial score (nSPS) is 9.83. The molecule has 0 radical (unpaired) electrons. The van der Waals surface area contributed by atoms with Crippen molar-refractivity contribution in [2.24, 2.45) is 0 Å². The molecule has 0 unspecified atom stereocenters. The molecule has 92 valence electrons. The molecule has 0 aliphatic rings. The second-order valence-electron chi connectivity index (χ2n) is 3.81. The van der Waals surface area contributed by atoms with Gasteiger partial charge in [0, 0.05) is 0 Å². The standard InChI is InChI=1S/C8H10O.C6H5N3/c1-2-7-5-3-4-6-8(7)9;1-2-4-6-5(3-1)7-9-8-6/h3-6,9H,2H2,1H3;1-4H,(H,7,8,9). The van der Waals surface area contributed by atoms with E-state index in [0.29, 0.717) is 5.75 Å². The predicted octanol–water partition coefficient (Wildman–Crippen LogP) is 2.91. The molecule has 0 fully saturated rings. The molecule has 1 heterocycles. The van der Waals surface area contributed by atoms with Crippen molar-refractivity contribution in [2.45, 2.75) is 13.3 Å². The fourth-order valence-corrected chi connectivity index (χ4v) is 1.60. The predicted molar refractivity (Wildman–Crippen MR) is 71.4 cm³/mol. The second kappa shape index (κ2) is 5.82. The van der Waals surface area contributed by atoms with Crippen LogP contribution in [0.25, 0.3) is 11.0 Å². The maximum Gasteiger partial charge on any atom is 0.118 e. The van der Waals surface area contributed by atoms with Crippen molar-refractivity contribution in [2.75, 3.05) is 0 Å². The number of hydrogen-bond donors (Lipinski definition) is 2. The van der Waals surface area contributed by atoms with Crippen molar-refractivity contribution < 1.29 is 5.11 Å². The van der Waals surface area contributed by atoms with E-state index in [2.05, 4.69) is 15.4 Å².